The van der Waals surface area contributed by atoms with Gasteiger partial charge in [-0.15, -0.1) is 0 Å². The molecule has 0 unspecified atom stereocenters. The Morgan fingerprint density at radius 3 is 2.67 bits per heavy atom. The molecule has 0 amide bonds. The first-order valence-electron chi connectivity index (χ1n) is 3.58. The molecule has 12 heavy (non-hydrogen) atoms. The monoisotopic (exact) mass is 164 g/mol. The van der Waals surface area contributed by atoms with Crippen LogP contribution in [0.5, 0.6) is 0 Å². The minimum atomic E-state index is -0.672. The average Bonchev–Trinajstić information content (AvgIpc) is 2.05. The molecule has 0 radical (unpaired) electrons. The second-order valence-corrected chi connectivity index (χ2v) is 3.13. The smallest absolute Gasteiger partial charge is 0.141 e. The lowest BCUT2D eigenvalue weighted by Crippen LogP contribution is -2.14. The third kappa shape index (κ3) is 1.59. The van der Waals surface area contributed by atoms with Crippen LogP contribution in [0.2, 0.25) is 0 Å². The fourth-order valence-corrected chi connectivity index (χ4v) is 0.818. The van der Waals surface area contributed by atoms with Crippen LogP contribution >= 0.6 is 0 Å². The molecule has 3 heteroatoms. The third-order valence-electron chi connectivity index (χ3n) is 1.71. The van der Waals surface area contributed by atoms with Crippen LogP contribution in [0.4, 0.5) is 4.39 Å². The zero-order chi connectivity index (χ0) is 9.19. The Bertz CT molecular complexity index is 326. The van der Waals surface area contributed by atoms with Crippen LogP contribution in [-0.4, -0.2) is 4.98 Å². The van der Waals surface area contributed by atoms with Gasteiger partial charge in [-0.05, 0) is 25.5 Å². The Morgan fingerprint density at radius 2 is 2.17 bits per heavy atom. The van der Waals surface area contributed by atoms with E-state index in [1.807, 2.05) is 0 Å². The maximum atomic E-state index is 12.7. The Morgan fingerprint density at radius 1 is 1.50 bits per heavy atom. The van der Waals surface area contributed by atoms with Crippen LogP contribution in [-0.2, 0) is 5.41 Å². The Labute approximate surface area is 70.7 Å². The first-order valence-corrected chi connectivity index (χ1v) is 3.58. The van der Waals surface area contributed by atoms with Crippen LogP contribution < -0.4 is 0 Å². The molecule has 2 nitrogen and oxygen atoms in total. The predicted octanol–water partition coefficient (Wildman–Crippen LogP) is 2.02. The highest BCUT2D eigenvalue weighted by Gasteiger charge is 2.20. The van der Waals surface area contributed by atoms with Gasteiger partial charge in [-0.2, -0.15) is 5.26 Å². The van der Waals surface area contributed by atoms with Gasteiger partial charge in [0.1, 0.15) is 5.82 Å². The van der Waals surface area contributed by atoms with Gasteiger partial charge in [0.2, 0.25) is 0 Å². The Hall–Kier alpha value is -1.43. The summed E-state index contributed by atoms with van der Waals surface area (Å²) >= 11 is 0. The minimum absolute atomic E-state index is 0.407. The highest BCUT2D eigenvalue weighted by Crippen LogP contribution is 2.21. The highest BCUT2D eigenvalue weighted by atomic mass is 19.1. The van der Waals surface area contributed by atoms with Crippen molar-refractivity contribution in [2.24, 2.45) is 0 Å². The van der Waals surface area contributed by atoms with Crippen LogP contribution in [0.25, 0.3) is 0 Å². The van der Waals surface area contributed by atoms with E-state index in [2.05, 4.69) is 11.1 Å². The lowest BCUT2D eigenvalue weighted by molar-refractivity contribution is 0.604. The number of hydrogen-bond donors (Lipinski definition) is 0. The van der Waals surface area contributed by atoms with E-state index in [4.69, 9.17) is 5.26 Å². The van der Waals surface area contributed by atoms with E-state index in [0.29, 0.717) is 5.56 Å². The van der Waals surface area contributed by atoms with Crippen molar-refractivity contribution in [3.8, 4) is 6.07 Å². The lowest BCUT2D eigenvalue weighted by Gasteiger charge is -2.14. The molecule has 0 aliphatic carbocycles. The highest BCUT2D eigenvalue weighted by molar-refractivity contribution is 5.27. The van der Waals surface area contributed by atoms with E-state index in [1.165, 1.54) is 12.3 Å². The average molecular weight is 164 g/mol. The molecular weight excluding hydrogens is 155 g/mol. The topological polar surface area (TPSA) is 36.7 Å². The summed E-state index contributed by atoms with van der Waals surface area (Å²) < 4.78 is 12.7. The number of halogens is 1. The van der Waals surface area contributed by atoms with E-state index >= 15 is 0 Å². The second-order valence-electron chi connectivity index (χ2n) is 3.13. The van der Waals surface area contributed by atoms with Gasteiger partial charge >= 0.3 is 0 Å². The van der Waals surface area contributed by atoms with Crippen molar-refractivity contribution in [2.75, 3.05) is 0 Å². The molecule has 1 heterocycles. The van der Waals surface area contributed by atoms with Crippen molar-refractivity contribution in [2.45, 2.75) is 19.3 Å². The van der Waals surface area contributed by atoms with Crippen LogP contribution in [0.3, 0.4) is 0 Å². The molecule has 1 rings (SSSR count). The number of nitrogens with zero attached hydrogens (tertiary/aromatic N) is 2. The standard InChI is InChI=1S/C9H9FN2/c1-9(2,6-11)7-3-8(10)5-12-4-7/h3-5H,1-2H3. The molecule has 1 aromatic rings. The number of pyridine rings is 1. The van der Waals surface area contributed by atoms with E-state index in [9.17, 15) is 4.39 Å². The molecule has 0 atom stereocenters. The van der Waals surface area contributed by atoms with Crippen molar-refractivity contribution >= 4 is 0 Å². The van der Waals surface area contributed by atoms with Crippen molar-refractivity contribution < 1.29 is 4.39 Å². The van der Waals surface area contributed by atoms with Crippen LogP contribution in [0.1, 0.15) is 19.4 Å². The third-order valence-corrected chi connectivity index (χ3v) is 1.71. The molecule has 0 aliphatic heterocycles. The van der Waals surface area contributed by atoms with E-state index in [1.54, 1.807) is 13.8 Å². The van der Waals surface area contributed by atoms with Crippen molar-refractivity contribution in [1.29, 1.82) is 5.26 Å². The molecule has 0 fully saturated rings. The molecular formula is C9H9FN2. The Kier molecular flexibility index (Phi) is 2.09. The van der Waals surface area contributed by atoms with Crippen LogP contribution in [0, 0.1) is 17.1 Å². The fourth-order valence-electron chi connectivity index (χ4n) is 0.818. The van der Waals surface area contributed by atoms with Gasteiger partial charge in [0.05, 0.1) is 17.7 Å². The summed E-state index contributed by atoms with van der Waals surface area (Å²) in [5.74, 6) is -0.407. The maximum absolute atomic E-state index is 12.7. The van der Waals surface area contributed by atoms with E-state index in [0.717, 1.165) is 6.20 Å². The number of rotatable bonds is 1. The molecule has 1 aromatic heterocycles. The summed E-state index contributed by atoms with van der Waals surface area (Å²) in [5.41, 5.74) is -0.0697. The summed E-state index contributed by atoms with van der Waals surface area (Å²) in [4.78, 5) is 3.67. The van der Waals surface area contributed by atoms with Gasteiger partial charge in [-0.3, -0.25) is 4.98 Å². The summed E-state index contributed by atoms with van der Waals surface area (Å²) in [5, 5.41) is 8.74. The zero-order valence-electron chi connectivity index (χ0n) is 7.00. The second kappa shape index (κ2) is 2.90. The molecule has 0 N–H and O–H groups in total. The predicted molar refractivity (Wildman–Crippen MR) is 42.8 cm³/mol. The fraction of sp³-hybridized carbons (Fsp3) is 0.333. The summed E-state index contributed by atoms with van der Waals surface area (Å²) in [6.07, 6.45) is 2.63. The summed E-state index contributed by atoms with van der Waals surface area (Å²) in [7, 11) is 0. The molecule has 0 aromatic carbocycles. The molecule has 0 aliphatic rings. The summed E-state index contributed by atoms with van der Waals surface area (Å²) in [6, 6.07) is 3.41. The van der Waals surface area contributed by atoms with E-state index < -0.39 is 11.2 Å². The van der Waals surface area contributed by atoms with Crippen LogP contribution in [0.15, 0.2) is 18.5 Å². The Balaban J connectivity index is 3.14. The molecule has 0 bridgehead atoms. The first kappa shape index (κ1) is 8.66. The number of aromatic nitrogens is 1. The van der Waals surface area contributed by atoms with Gasteiger partial charge in [0, 0.05) is 6.20 Å². The van der Waals surface area contributed by atoms with E-state index in [-0.39, 0.29) is 0 Å². The molecule has 0 saturated carbocycles. The quantitative estimate of drug-likeness (QED) is 0.636. The SMILES string of the molecule is CC(C)(C#N)c1cncc(F)c1. The minimum Gasteiger partial charge on any atom is -0.261 e. The molecule has 0 spiro atoms. The van der Waals surface area contributed by atoms with Gasteiger partial charge in [0.25, 0.3) is 0 Å². The largest absolute Gasteiger partial charge is 0.261 e. The number of nitriles is 1. The molecule has 62 valence electrons. The summed E-state index contributed by atoms with van der Waals surface area (Å²) in [6.45, 7) is 3.45. The van der Waals surface area contributed by atoms with Crippen molar-refractivity contribution in [3.63, 3.8) is 0 Å². The first-order chi connectivity index (χ1) is 5.56. The molecule has 0 saturated heterocycles. The zero-order valence-corrected chi connectivity index (χ0v) is 7.00. The normalized spacial score (nSPS) is 10.8. The van der Waals surface area contributed by atoms with Gasteiger partial charge in [0.15, 0.2) is 0 Å². The maximum Gasteiger partial charge on any atom is 0.141 e. The van der Waals surface area contributed by atoms with Crippen molar-refractivity contribution in [3.05, 3.63) is 29.8 Å². The lowest BCUT2D eigenvalue weighted by atomic mass is 9.88. The van der Waals surface area contributed by atoms with Gasteiger partial charge in [-0.25, -0.2) is 4.39 Å². The van der Waals surface area contributed by atoms with Gasteiger partial charge < -0.3 is 0 Å². The van der Waals surface area contributed by atoms with Crippen molar-refractivity contribution in [1.82, 2.24) is 4.98 Å². The number of hydrogen-bond acceptors (Lipinski definition) is 2. The van der Waals surface area contributed by atoms with Gasteiger partial charge in [-0.1, -0.05) is 0 Å².